The molecule has 28 heavy (non-hydrogen) atoms. The first-order valence-electron chi connectivity index (χ1n) is 8.43. The molecule has 0 bridgehead atoms. The molecule has 0 spiro atoms. The van der Waals surface area contributed by atoms with Crippen molar-refractivity contribution in [2.45, 2.75) is 13.0 Å². The third-order valence-electron chi connectivity index (χ3n) is 3.73. The predicted molar refractivity (Wildman–Crippen MR) is 99.0 cm³/mol. The van der Waals surface area contributed by atoms with Gasteiger partial charge in [0.1, 0.15) is 11.4 Å². The molecule has 0 saturated heterocycles. The monoisotopic (exact) mass is 391 g/mol. The number of rotatable bonds is 10. The van der Waals surface area contributed by atoms with Crippen LogP contribution in [-0.4, -0.2) is 43.7 Å². The molecule has 2 rings (SSSR count). The zero-order valence-corrected chi connectivity index (χ0v) is 15.5. The number of nitrogens with zero attached hydrogens (tertiary/aromatic N) is 1. The summed E-state index contributed by atoms with van der Waals surface area (Å²) in [6.45, 7) is 1.93. The quantitative estimate of drug-likeness (QED) is 0.273. The number of nitro benzene ring substituents is 1. The Hall–Kier alpha value is -3.40. The van der Waals surface area contributed by atoms with Crippen molar-refractivity contribution in [2.24, 2.45) is 0 Å². The lowest BCUT2D eigenvalue weighted by atomic mass is 10.1. The number of anilines is 1. The molecule has 0 aliphatic heterocycles. The summed E-state index contributed by atoms with van der Waals surface area (Å²) in [5.74, 6) is -0.802. The number of nitrogens with one attached hydrogen (secondary N) is 2. The van der Waals surface area contributed by atoms with E-state index in [1.54, 1.807) is 19.1 Å². The first-order chi connectivity index (χ1) is 13.4. The second-order valence-electron chi connectivity index (χ2n) is 5.79. The summed E-state index contributed by atoms with van der Waals surface area (Å²) in [7, 11) is 1.51. The van der Waals surface area contributed by atoms with Gasteiger partial charge in [0.25, 0.3) is 11.6 Å². The van der Waals surface area contributed by atoms with Gasteiger partial charge >= 0.3 is 5.97 Å². The van der Waals surface area contributed by atoms with E-state index < -0.39 is 23.4 Å². The molecule has 2 aromatic rings. The first kappa shape index (κ1) is 20.9. The highest BCUT2D eigenvalue weighted by Crippen LogP contribution is 2.25. The fourth-order valence-electron chi connectivity index (χ4n) is 2.35. The number of methoxy groups -OCH3 is 1. The number of benzene rings is 1. The lowest BCUT2D eigenvalue weighted by Gasteiger charge is -2.12. The van der Waals surface area contributed by atoms with E-state index in [2.05, 4.69) is 10.6 Å². The second kappa shape index (κ2) is 10.1. The van der Waals surface area contributed by atoms with Gasteiger partial charge in [-0.2, -0.15) is 0 Å². The highest BCUT2D eigenvalue weighted by molar-refractivity contribution is 5.93. The maximum atomic E-state index is 12.1. The lowest BCUT2D eigenvalue weighted by Crippen LogP contribution is -2.31. The molecule has 1 aromatic carbocycles. The summed E-state index contributed by atoms with van der Waals surface area (Å²) in [4.78, 5) is 34.7. The molecule has 0 saturated carbocycles. The molecule has 1 aromatic heterocycles. The van der Waals surface area contributed by atoms with Gasteiger partial charge in [0.2, 0.25) is 0 Å². The van der Waals surface area contributed by atoms with Gasteiger partial charge in [-0.1, -0.05) is 0 Å². The van der Waals surface area contributed by atoms with Crippen LogP contribution in [0.15, 0.2) is 41.0 Å². The van der Waals surface area contributed by atoms with E-state index in [0.29, 0.717) is 18.9 Å². The molecule has 0 unspecified atom stereocenters. The minimum atomic E-state index is -0.840. The molecule has 0 radical (unpaired) electrons. The van der Waals surface area contributed by atoms with Crippen LogP contribution in [0.25, 0.3) is 0 Å². The lowest BCUT2D eigenvalue weighted by molar-refractivity contribution is -0.384. The van der Waals surface area contributed by atoms with Gasteiger partial charge in [0.15, 0.2) is 6.61 Å². The van der Waals surface area contributed by atoms with Crippen molar-refractivity contribution in [3.05, 3.63) is 58.0 Å². The van der Waals surface area contributed by atoms with Crippen LogP contribution >= 0.6 is 0 Å². The number of hydrogen-bond acceptors (Lipinski definition) is 8. The number of hydrogen-bond donors (Lipinski definition) is 2. The fourth-order valence-corrected chi connectivity index (χ4v) is 2.35. The van der Waals surface area contributed by atoms with Crippen LogP contribution in [0.4, 0.5) is 11.4 Å². The average Bonchev–Trinajstić information content (AvgIpc) is 3.21. The van der Waals surface area contributed by atoms with E-state index in [4.69, 9.17) is 13.9 Å². The molecule has 150 valence electrons. The molecule has 2 N–H and O–H groups in total. The smallest absolute Gasteiger partial charge is 0.338 e. The van der Waals surface area contributed by atoms with Crippen LogP contribution in [0, 0.1) is 10.1 Å². The zero-order valence-electron chi connectivity index (χ0n) is 15.5. The number of ether oxygens (including phenoxy) is 2. The first-order valence-corrected chi connectivity index (χ1v) is 8.43. The number of carbonyl (C=O) groups excluding carboxylic acids is 2. The maximum absolute atomic E-state index is 12.1. The van der Waals surface area contributed by atoms with Gasteiger partial charge in [-0.3, -0.25) is 14.9 Å². The van der Waals surface area contributed by atoms with Crippen LogP contribution in [0.3, 0.4) is 0 Å². The van der Waals surface area contributed by atoms with Gasteiger partial charge in [-0.25, -0.2) is 4.79 Å². The largest absolute Gasteiger partial charge is 0.467 e. The average molecular weight is 391 g/mol. The molecule has 1 atom stereocenters. The van der Waals surface area contributed by atoms with E-state index in [9.17, 15) is 19.7 Å². The molecule has 0 aliphatic rings. The van der Waals surface area contributed by atoms with Crippen molar-refractivity contribution in [3.63, 3.8) is 0 Å². The topological polar surface area (TPSA) is 133 Å². The van der Waals surface area contributed by atoms with Crippen LogP contribution in [0.2, 0.25) is 0 Å². The third-order valence-corrected chi connectivity index (χ3v) is 3.73. The molecule has 0 aliphatic carbocycles. The van der Waals surface area contributed by atoms with Crippen LogP contribution in [0.1, 0.15) is 29.1 Å². The molecular formula is C18H21N3O7. The van der Waals surface area contributed by atoms with E-state index in [0.717, 1.165) is 6.07 Å². The highest BCUT2D eigenvalue weighted by Gasteiger charge is 2.19. The van der Waals surface area contributed by atoms with Crippen molar-refractivity contribution in [3.8, 4) is 0 Å². The molecular weight excluding hydrogens is 370 g/mol. The van der Waals surface area contributed by atoms with E-state index in [-0.39, 0.29) is 23.0 Å². The Kier molecular flexibility index (Phi) is 7.52. The Balaban J connectivity index is 1.94. The van der Waals surface area contributed by atoms with Crippen LogP contribution in [-0.2, 0) is 14.3 Å². The summed E-state index contributed by atoms with van der Waals surface area (Å²) >= 11 is 0. The third kappa shape index (κ3) is 5.81. The number of nitro groups is 1. The minimum absolute atomic E-state index is 0.0316. The maximum Gasteiger partial charge on any atom is 0.338 e. The Morgan fingerprint density at radius 1 is 1.32 bits per heavy atom. The van der Waals surface area contributed by atoms with E-state index >= 15 is 0 Å². The number of esters is 1. The number of furan rings is 1. The molecule has 10 heteroatoms. The minimum Gasteiger partial charge on any atom is -0.467 e. The predicted octanol–water partition coefficient (Wildman–Crippen LogP) is 2.28. The van der Waals surface area contributed by atoms with Crippen molar-refractivity contribution >= 4 is 23.3 Å². The molecule has 1 heterocycles. The molecule has 0 fully saturated rings. The van der Waals surface area contributed by atoms with Crippen molar-refractivity contribution in [2.75, 3.05) is 32.2 Å². The second-order valence-corrected chi connectivity index (χ2v) is 5.79. The van der Waals surface area contributed by atoms with Gasteiger partial charge in [-0.05, 0) is 31.2 Å². The summed E-state index contributed by atoms with van der Waals surface area (Å²) in [6.07, 6.45) is 1.48. The summed E-state index contributed by atoms with van der Waals surface area (Å²) in [5, 5.41) is 16.7. The molecule has 10 nitrogen and oxygen atoms in total. The van der Waals surface area contributed by atoms with Gasteiger partial charge in [0.05, 0.1) is 29.4 Å². The summed E-state index contributed by atoms with van der Waals surface area (Å²) in [6, 6.07) is 6.90. The van der Waals surface area contributed by atoms with Crippen LogP contribution in [0.5, 0.6) is 0 Å². The summed E-state index contributed by atoms with van der Waals surface area (Å²) in [5.41, 5.74) is -0.0547. The standard InChI is InChI=1S/C18H21N3O7/c1-12(16-4-3-8-27-16)20-17(22)11-28-18(23)13-5-6-14(19-7-9-26-2)15(10-13)21(24)25/h3-6,8,10,12,19H,7,9,11H2,1-2H3,(H,20,22)/t12-/m1/s1. The van der Waals surface area contributed by atoms with Crippen molar-refractivity contribution in [1.82, 2.24) is 5.32 Å². The van der Waals surface area contributed by atoms with E-state index in [1.165, 1.54) is 25.5 Å². The van der Waals surface area contributed by atoms with E-state index in [1.807, 2.05) is 0 Å². The highest BCUT2D eigenvalue weighted by atomic mass is 16.6. The SMILES string of the molecule is COCCNc1ccc(C(=O)OCC(=O)N[C@H](C)c2ccco2)cc1[N+](=O)[O-]. The zero-order chi connectivity index (χ0) is 20.5. The van der Waals surface area contributed by atoms with Crippen LogP contribution < -0.4 is 10.6 Å². The fraction of sp³-hybridized carbons (Fsp3) is 0.333. The van der Waals surface area contributed by atoms with Crippen molar-refractivity contribution in [1.29, 1.82) is 0 Å². The van der Waals surface area contributed by atoms with Gasteiger partial charge in [0, 0.05) is 19.7 Å². The van der Waals surface area contributed by atoms with Gasteiger partial charge in [-0.15, -0.1) is 0 Å². The van der Waals surface area contributed by atoms with Gasteiger partial charge < -0.3 is 24.5 Å². The Labute approximate surface area is 161 Å². The summed E-state index contributed by atoms with van der Waals surface area (Å²) < 4.78 is 15.0. The van der Waals surface area contributed by atoms with Crippen molar-refractivity contribution < 1.29 is 28.4 Å². The molecule has 1 amide bonds. The normalized spacial score (nSPS) is 11.5. The number of amides is 1. The number of carbonyl (C=O) groups is 2. The Bertz CT molecular complexity index is 821. The Morgan fingerprint density at radius 3 is 2.75 bits per heavy atom. The Morgan fingerprint density at radius 2 is 2.11 bits per heavy atom.